The number of thiophene rings is 1. The molecule has 0 spiro atoms. The van der Waals surface area contributed by atoms with Crippen LogP contribution in [0.3, 0.4) is 0 Å². The first-order chi connectivity index (χ1) is 13.1. The third-order valence-electron chi connectivity index (χ3n) is 5.24. The molecule has 0 unspecified atom stereocenters. The quantitative estimate of drug-likeness (QED) is 0.746. The SMILES string of the molecule is Cc1nc2ccn(Cc3cccs3)c(=O)c2cc1C(=O)NC1CCCCC1. The molecule has 0 aromatic carbocycles. The lowest BCUT2D eigenvalue weighted by Crippen LogP contribution is -2.36. The van der Waals surface area contributed by atoms with E-state index in [4.69, 9.17) is 0 Å². The summed E-state index contributed by atoms with van der Waals surface area (Å²) in [7, 11) is 0. The van der Waals surface area contributed by atoms with Crippen molar-refractivity contribution < 1.29 is 4.79 Å². The van der Waals surface area contributed by atoms with E-state index in [1.807, 2.05) is 30.5 Å². The number of aryl methyl sites for hydroxylation is 1. The van der Waals surface area contributed by atoms with Crippen LogP contribution in [0.4, 0.5) is 0 Å². The number of pyridine rings is 2. The number of carbonyl (C=O) groups is 1. The Hall–Kier alpha value is -2.47. The van der Waals surface area contributed by atoms with E-state index >= 15 is 0 Å². The first-order valence-electron chi connectivity index (χ1n) is 9.46. The van der Waals surface area contributed by atoms with E-state index in [2.05, 4.69) is 10.3 Å². The fourth-order valence-electron chi connectivity index (χ4n) is 3.74. The smallest absolute Gasteiger partial charge is 0.260 e. The van der Waals surface area contributed by atoms with Crippen LogP contribution in [0.5, 0.6) is 0 Å². The zero-order valence-electron chi connectivity index (χ0n) is 15.4. The third kappa shape index (κ3) is 3.81. The monoisotopic (exact) mass is 381 g/mol. The second kappa shape index (κ2) is 7.64. The van der Waals surface area contributed by atoms with Crippen LogP contribution >= 0.6 is 11.3 Å². The Kier molecular flexibility index (Phi) is 5.07. The Morgan fingerprint density at radius 1 is 1.30 bits per heavy atom. The fraction of sp³-hybridized carbons (Fsp3) is 0.381. The van der Waals surface area contributed by atoms with Crippen molar-refractivity contribution in [2.45, 2.75) is 51.6 Å². The number of aromatic nitrogens is 2. The van der Waals surface area contributed by atoms with E-state index in [9.17, 15) is 9.59 Å². The molecule has 3 aromatic rings. The van der Waals surface area contributed by atoms with Gasteiger partial charge < -0.3 is 9.88 Å². The van der Waals surface area contributed by atoms with E-state index in [1.165, 1.54) is 6.42 Å². The second-order valence-corrected chi connectivity index (χ2v) is 8.22. The molecule has 3 heterocycles. The molecule has 0 aliphatic heterocycles. The minimum absolute atomic E-state index is 0.111. The molecular weight excluding hydrogens is 358 g/mol. The van der Waals surface area contributed by atoms with E-state index in [1.54, 1.807) is 28.2 Å². The predicted molar refractivity (Wildman–Crippen MR) is 109 cm³/mol. The standard InChI is InChI=1S/C21H23N3O2S/c1-14-17(20(25)23-15-6-3-2-4-7-15)12-18-19(22-14)9-10-24(21(18)26)13-16-8-5-11-27-16/h5,8-12,15H,2-4,6-7,13H2,1H3,(H,23,25). The summed E-state index contributed by atoms with van der Waals surface area (Å²) in [5, 5.41) is 5.62. The van der Waals surface area contributed by atoms with Crippen molar-refractivity contribution in [2.24, 2.45) is 0 Å². The number of nitrogens with one attached hydrogen (secondary N) is 1. The van der Waals surface area contributed by atoms with Gasteiger partial charge in [-0.1, -0.05) is 25.3 Å². The summed E-state index contributed by atoms with van der Waals surface area (Å²) in [5.41, 5.74) is 1.68. The largest absolute Gasteiger partial charge is 0.349 e. The van der Waals surface area contributed by atoms with Gasteiger partial charge in [-0.3, -0.25) is 14.6 Å². The number of hydrogen-bond acceptors (Lipinski definition) is 4. The van der Waals surface area contributed by atoms with Gasteiger partial charge in [-0.2, -0.15) is 0 Å². The summed E-state index contributed by atoms with van der Waals surface area (Å²) < 4.78 is 1.67. The van der Waals surface area contributed by atoms with Crippen molar-refractivity contribution in [2.75, 3.05) is 0 Å². The van der Waals surface area contributed by atoms with Crippen molar-refractivity contribution >= 4 is 28.1 Å². The Balaban J connectivity index is 1.66. The molecule has 3 aromatic heterocycles. The zero-order chi connectivity index (χ0) is 18.8. The first-order valence-corrected chi connectivity index (χ1v) is 10.3. The number of rotatable bonds is 4. The lowest BCUT2D eigenvalue weighted by atomic mass is 9.95. The molecule has 0 atom stereocenters. The Labute approximate surface area is 162 Å². The highest BCUT2D eigenvalue weighted by Crippen LogP contribution is 2.19. The Morgan fingerprint density at radius 2 is 2.11 bits per heavy atom. The molecule has 1 N–H and O–H groups in total. The van der Waals surface area contributed by atoms with Crippen molar-refractivity contribution in [3.8, 4) is 0 Å². The normalized spacial score (nSPS) is 15.1. The average molecular weight is 382 g/mol. The summed E-state index contributed by atoms with van der Waals surface area (Å²) >= 11 is 1.62. The average Bonchev–Trinajstić information content (AvgIpc) is 3.18. The van der Waals surface area contributed by atoms with Crippen LogP contribution in [0.25, 0.3) is 10.9 Å². The highest BCUT2D eigenvalue weighted by Gasteiger charge is 2.19. The molecule has 1 fully saturated rings. The molecule has 0 bridgehead atoms. The van der Waals surface area contributed by atoms with Gasteiger partial charge in [0.25, 0.3) is 11.5 Å². The molecule has 0 saturated heterocycles. The van der Waals surface area contributed by atoms with Crippen molar-refractivity contribution in [1.82, 2.24) is 14.9 Å². The summed E-state index contributed by atoms with van der Waals surface area (Å²) in [6.07, 6.45) is 7.39. The van der Waals surface area contributed by atoms with Gasteiger partial charge >= 0.3 is 0 Å². The maximum absolute atomic E-state index is 12.9. The number of amides is 1. The molecule has 5 nitrogen and oxygen atoms in total. The van der Waals surface area contributed by atoms with Crippen LogP contribution in [0, 0.1) is 6.92 Å². The molecule has 1 amide bonds. The summed E-state index contributed by atoms with van der Waals surface area (Å²) in [4.78, 5) is 31.3. The first kappa shape index (κ1) is 17.9. The molecule has 1 saturated carbocycles. The molecule has 1 aliphatic rings. The van der Waals surface area contributed by atoms with E-state index in [0.717, 1.165) is 30.6 Å². The van der Waals surface area contributed by atoms with Gasteiger partial charge in [-0.05, 0) is 43.3 Å². The molecular formula is C21H23N3O2S. The van der Waals surface area contributed by atoms with Gasteiger partial charge in [-0.15, -0.1) is 11.3 Å². The highest BCUT2D eigenvalue weighted by molar-refractivity contribution is 7.09. The molecule has 6 heteroatoms. The van der Waals surface area contributed by atoms with Crippen LogP contribution in [-0.4, -0.2) is 21.5 Å². The van der Waals surface area contributed by atoms with Crippen LogP contribution in [-0.2, 0) is 6.54 Å². The third-order valence-corrected chi connectivity index (χ3v) is 6.10. The van der Waals surface area contributed by atoms with Gasteiger partial charge in [0.05, 0.1) is 28.7 Å². The lowest BCUT2D eigenvalue weighted by Gasteiger charge is -2.23. The van der Waals surface area contributed by atoms with Crippen LogP contribution in [0.2, 0.25) is 0 Å². The highest BCUT2D eigenvalue weighted by atomic mass is 32.1. The Morgan fingerprint density at radius 3 is 2.85 bits per heavy atom. The number of carbonyl (C=O) groups excluding carboxylic acids is 1. The number of hydrogen-bond donors (Lipinski definition) is 1. The van der Waals surface area contributed by atoms with Crippen LogP contribution in [0.1, 0.15) is 53.0 Å². The summed E-state index contributed by atoms with van der Waals surface area (Å²) in [6, 6.07) is 7.78. The number of fused-ring (bicyclic) bond motifs is 1. The Bertz CT molecular complexity index is 1020. The van der Waals surface area contributed by atoms with Gasteiger partial charge in [-0.25, -0.2) is 0 Å². The van der Waals surface area contributed by atoms with Crippen molar-refractivity contribution in [3.05, 3.63) is 62.3 Å². The zero-order valence-corrected chi connectivity index (χ0v) is 16.2. The molecule has 4 rings (SSSR count). The molecule has 140 valence electrons. The minimum atomic E-state index is -0.123. The summed E-state index contributed by atoms with van der Waals surface area (Å²) in [6.45, 7) is 2.36. The minimum Gasteiger partial charge on any atom is -0.349 e. The summed E-state index contributed by atoms with van der Waals surface area (Å²) in [5.74, 6) is -0.123. The van der Waals surface area contributed by atoms with E-state index in [-0.39, 0.29) is 17.5 Å². The van der Waals surface area contributed by atoms with Gasteiger partial charge in [0.1, 0.15) is 0 Å². The lowest BCUT2D eigenvalue weighted by molar-refractivity contribution is 0.0927. The van der Waals surface area contributed by atoms with Crippen LogP contribution in [0.15, 0.2) is 40.6 Å². The maximum Gasteiger partial charge on any atom is 0.260 e. The topological polar surface area (TPSA) is 64.0 Å². The van der Waals surface area contributed by atoms with Gasteiger partial charge in [0.2, 0.25) is 0 Å². The predicted octanol–water partition coefficient (Wildman–Crippen LogP) is 3.88. The second-order valence-electron chi connectivity index (χ2n) is 7.19. The maximum atomic E-state index is 12.9. The van der Waals surface area contributed by atoms with Gasteiger partial charge in [0, 0.05) is 17.1 Å². The van der Waals surface area contributed by atoms with Gasteiger partial charge in [0.15, 0.2) is 0 Å². The van der Waals surface area contributed by atoms with Crippen molar-refractivity contribution in [1.29, 1.82) is 0 Å². The van der Waals surface area contributed by atoms with E-state index < -0.39 is 0 Å². The molecule has 0 radical (unpaired) electrons. The molecule has 1 aliphatic carbocycles. The fourth-order valence-corrected chi connectivity index (χ4v) is 4.44. The molecule has 27 heavy (non-hydrogen) atoms. The number of nitrogens with zero attached hydrogens (tertiary/aromatic N) is 2. The van der Waals surface area contributed by atoms with E-state index in [0.29, 0.717) is 28.7 Å². The van der Waals surface area contributed by atoms with Crippen LogP contribution < -0.4 is 10.9 Å². The van der Waals surface area contributed by atoms with Crippen molar-refractivity contribution in [3.63, 3.8) is 0 Å².